The molecule has 0 saturated heterocycles. The van der Waals surface area contributed by atoms with Crippen LogP contribution in [0.4, 0.5) is 11.4 Å². The van der Waals surface area contributed by atoms with Gasteiger partial charge in [0.1, 0.15) is 0 Å². The summed E-state index contributed by atoms with van der Waals surface area (Å²) < 4.78 is 0. The van der Waals surface area contributed by atoms with E-state index in [2.05, 4.69) is 13.8 Å². The molecule has 0 radical (unpaired) electrons. The first-order chi connectivity index (χ1) is 8.10. The van der Waals surface area contributed by atoms with Crippen molar-refractivity contribution in [1.29, 1.82) is 0 Å². The fourth-order valence-corrected chi connectivity index (χ4v) is 2.90. The molecule has 0 fully saturated rings. The van der Waals surface area contributed by atoms with Gasteiger partial charge in [-0.15, -0.1) is 0 Å². The van der Waals surface area contributed by atoms with Crippen LogP contribution in [0, 0.1) is 0 Å². The van der Waals surface area contributed by atoms with Crippen molar-refractivity contribution in [2.75, 3.05) is 17.2 Å². The third-order valence-electron chi connectivity index (χ3n) is 4.00. The Labute approximate surface area is 103 Å². The molecule has 0 spiro atoms. The molecule has 0 aliphatic carbocycles. The Bertz CT molecular complexity index is 450. The summed E-state index contributed by atoms with van der Waals surface area (Å²) in [4.78, 5) is 14.5. The van der Waals surface area contributed by atoms with Crippen LogP contribution in [-0.2, 0) is 10.2 Å². The van der Waals surface area contributed by atoms with Gasteiger partial charge in [0, 0.05) is 17.9 Å². The maximum Gasteiger partial charge on any atom is 0.237 e. The quantitative estimate of drug-likeness (QED) is 0.814. The number of benzene rings is 1. The summed E-state index contributed by atoms with van der Waals surface area (Å²) in [6, 6.07) is 5.81. The van der Waals surface area contributed by atoms with Gasteiger partial charge >= 0.3 is 0 Å². The van der Waals surface area contributed by atoms with Gasteiger partial charge in [-0.3, -0.25) is 4.79 Å². The molecule has 3 heteroatoms. The van der Waals surface area contributed by atoms with Gasteiger partial charge in [0.2, 0.25) is 5.91 Å². The van der Waals surface area contributed by atoms with Crippen LogP contribution in [-0.4, -0.2) is 12.5 Å². The van der Waals surface area contributed by atoms with E-state index in [4.69, 9.17) is 5.73 Å². The summed E-state index contributed by atoms with van der Waals surface area (Å²) in [6.07, 6.45) is 1.66. The van der Waals surface area contributed by atoms with E-state index >= 15 is 0 Å². The SMILES string of the molecule is CCN1C(=O)C(CC)(CC)c2cc(N)ccc21. The lowest BCUT2D eigenvalue weighted by Gasteiger charge is -2.25. The molecule has 2 rings (SSSR count). The van der Waals surface area contributed by atoms with E-state index in [-0.39, 0.29) is 11.3 Å². The van der Waals surface area contributed by atoms with Crippen LogP contribution in [0.2, 0.25) is 0 Å². The number of anilines is 2. The van der Waals surface area contributed by atoms with Crippen molar-refractivity contribution in [3.8, 4) is 0 Å². The lowest BCUT2D eigenvalue weighted by molar-refractivity contribution is -0.123. The summed E-state index contributed by atoms with van der Waals surface area (Å²) in [5.41, 5.74) is 8.38. The van der Waals surface area contributed by atoms with Crippen molar-refractivity contribution >= 4 is 17.3 Å². The van der Waals surface area contributed by atoms with E-state index in [1.807, 2.05) is 30.0 Å². The number of hydrogen-bond donors (Lipinski definition) is 1. The Kier molecular flexibility index (Phi) is 2.86. The smallest absolute Gasteiger partial charge is 0.237 e. The highest BCUT2D eigenvalue weighted by Crippen LogP contribution is 2.46. The van der Waals surface area contributed by atoms with Crippen LogP contribution in [0.25, 0.3) is 0 Å². The Morgan fingerprint density at radius 1 is 1.24 bits per heavy atom. The molecule has 1 heterocycles. The fraction of sp³-hybridized carbons (Fsp3) is 0.500. The molecule has 0 bridgehead atoms. The van der Waals surface area contributed by atoms with E-state index in [9.17, 15) is 4.79 Å². The minimum Gasteiger partial charge on any atom is -0.399 e. The number of hydrogen-bond acceptors (Lipinski definition) is 2. The first-order valence-corrected chi connectivity index (χ1v) is 6.32. The zero-order valence-corrected chi connectivity index (χ0v) is 10.8. The van der Waals surface area contributed by atoms with Crippen molar-refractivity contribution in [3.63, 3.8) is 0 Å². The number of nitrogen functional groups attached to an aromatic ring is 1. The molecule has 2 N–H and O–H groups in total. The van der Waals surface area contributed by atoms with Crippen LogP contribution in [0.15, 0.2) is 18.2 Å². The number of likely N-dealkylation sites (N-methyl/N-ethyl adjacent to an activating group) is 1. The van der Waals surface area contributed by atoms with Crippen LogP contribution >= 0.6 is 0 Å². The molecular formula is C14H20N2O. The minimum atomic E-state index is -0.360. The second-order valence-electron chi connectivity index (χ2n) is 4.62. The molecule has 17 heavy (non-hydrogen) atoms. The zero-order valence-electron chi connectivity index (χ0n) is 10.8. The first-order valence-electron chi connectivity index (χ1n) is 6.32. The summed E-state index contributed by atoms with van der Waals surface area (Å²) in [6.45, 7) is 6.89. The number of rotatable bonds is 3. The number of carbonyl (C=O) groups excluding carboxylic acids is 1. The van der Waals surface area contributed by atoms with E-state index in [0.717, 1.165) is 36.3 Å². The van der Waals surface area contributed by atoms with Gasteiger partial charge in [0.25, 0.3) is 0 Å². The highest BCUT2D eigenvalue weighted by Gasteiger charge is 2.47. The van der Waals surface area contributed by atoms with Gasteiger partial charge in [0.05, 0.1) is 5.41 Å². The van der Waals surface area contributed by atoms with Crippen molar-refractivity contribution in [3.05, 3.63) is 23.8 Å². The third-order valence-corrected chi connectivity index (χ3v) is 4.00. The van der Waals surface area contributed by atoms with Gasteiger partial charge in [-0.05, 0) is 43.5 Å². The molecule has 1 amide bonds. The van der Waals surface area contributed by atoms with Crippen molar-refractivity contribution < 1.29 is 4.79 Å². The van der Waals surface area contributed by atoms with Gasteiger partial charge in [0.15, 0.2) is 0 Å². The second-order valence-corrected chi connectivity index (χ2v) is 4.62. The average Bonchev–Trinajstić information content (AvgIpc) is 2.57. The standard InChI is InChI=1S/C14H20N2O/c1-4-14(5-2)11-9-10(15)7-8-12(11)16(6-3)13(14)17/h7-9H,4-6,15H2,1-3H3. The van der Waals surface area contributed by atoms with Gasteiger partial charge in [-0.25, -0.2) is 0 Å². The lowest BCUT2D eigenvalue weighted by Crippen LogP contribution is -2.39. The van der Waals surface area contributed by atoms with E-state index < -0.39 is 0 Å². The third kappa shape index (κ3) is 1.45. The van der Waals surface area contributed by atoms with Gasteiger partial charge in [-0.2, -0.15) is 0 Å². The molecule has 1 aliphatic rings. The number of carbonyl (C=O) groups is 1. The molecule has 1 aromatic rings. The minimum absolute atomic E-state index is 0.227. The predicted molar refractivity (Wildman–Crippen MR) is 71.1 cm³/mol. The molecule has 1 aromatic carbocycles. The fourth-order valence-electron chi connectivity index (χ4n) is 2.90. The van der Waals surface area contributed by atoms with Crippen LogP contribution in [0.3, 0.4) is 0 Å². The van der Waals surface area contributed by atoms with E-state index in [1.165, 1.54) is 0 Å². The molecule has 92 valence electrons. The average molecular weight is 232 g/mol. The molecule has 0 unspecified atom stereocenters. The molecule has 0 saturated carbocycles. The molecule has 0 atom stereocenters. The predicted octanol–water partition coefficient (Wildman–Crippen LogP) is 2.69. The highest BCUT2D eigenvalue weighted by atomic mass is 16.2. The second kappa shape index (κ2) is 4.06. The zero-order chi connectivity index (χ0) is 12.6. The maximum atomic E-state index is 12.6. The Balaban J connectivity index is 2.67. The van der Waals surface area contributed by atoms with Crippen LogP contribution in [0.1, 0.15) is 39.2 Å². The lowest BCUT2D eigenvalue weighted by atomic mass is 9.77. The Hall–Kier alpha value is -1.51. The Morgan fingerprint density at radius 3 is 2.41 bits per heavy atom. The van der Waals surface area contributed by atoms with Gasteiger partial charge < -0.3 is 10.6 Å². The molecule has 0 aromatic heterocycles. The monoisotopic (exact) mass is 232 g/mol. The van der Waals surface area contributed by atoms with Crippen molar-refractivity contribution in [2.24, 2.45) is 0 Å². The van der Waals surface area contributed by atoms with Crippen molar-refractivity contribution in [1.82, 2.24) is 0 Å². The summed E-state index contributed by atoms with van der Waals surface area (Å²) >= 11 is 0. The number of nitrogens with zero attached hydrogens (tertiary/aromatic N) is 1. The summed E-state index contributed by atoms with van der Waals surface area (Å²) in [5.74, 6) is 0.227. The van der Waals surface area contributed by atoms with E-state index in [0.29, 0.717) is 0 Å². The van der Waals surface area contributed by atoms with Gasteiger partial charge in [-0.1, -0.05) is 13.8 Å². The topological polar surface area (TPSA) is 46.3 Å². The largest absolute Gasteiger partial charge is 0.399 e. The van der Waals surface area contributed by atoms with E-state index in [1.54, 1.807) is 0 Å². The first kappa shape index (κ1) is 12.0. The van der Waals surface area contributed by atoms with Crippen molar-refractivity contribution in [2.45, 2.75) is 39.0 Å². The molecular weight excluding hydrogens is 212 g/mol. The molecule has 1 aliphatic heterocycles. The summed E-state index contributed by atoms with van der Waals surface area (Å²) in [5, 5.41) is 0. The Morgan fingerprint density at radius 2 is 1.88 bits per heavy atom. The molecule has 3 nitrogen and oxygen atoms in total. The van der Waals surface area contributed by atoms with Crippen LogP contribution < -0.4 is 10.6 Å². The number of nitrogens with two attached hydrogens (primary N) is 1. The normalized spacial score (nSPS) is 17.4. The number of amides is 1. The maximum absolute atomic E-state index is 12.6. The summed E-state index contributed by atoms with van der Waals surface area (Å²) in [7, 11) is 0. The highest BCUT2D eigenvalue weighted by molar-refractivity contribution is 6.08. The van der Waals surface area contributed by atoms with Crippen LogP contribution in [0.5, 0.6) is 0 Å². The number of fused-ring (bicyclic) bond motifs is 1.